The molecule has 1 atom stereocenters. The zero-order chi connectivity index (χ0) is 24.2. The fourth-order valence-electron chi connectivity index (χ4n) is 4.75. The average molecular weight is 486 g/mol. The van der Waals surface area contributed by atoms with Crippen molar-refractivity contribution in [3.63, 3.8) is 0 Å². The Morgan fingerprint density at radius 1 is 1.21 bits per heavy atom. The summed E-state index contributed by atoms with van der Waals surface area (Å²) < 4.78 is 11.6. The molecule has 2 aromatic rings. The van der Waals surface area contributed by atoms with Crippen LogP contribution < -0.4 is 15.2 Å². The van der Waals surface area contributed by atoms with Crippen LogP contribution in [0.15, 0.2) is 30.3 Å². The van der Waals surface area contributed by atoms with E-state index in [4.69, 9.17) is 26.8 Å². The molecule has 2 aromatic carbocycles. The number of nitrogens with zero attached hydrogens (tertiary/aromatic N) is 2. The summed E-state index contributed by atoms with van der Waals surface area (Å²) in [6.07, 6.45) is 1.70. The normalized spacial score (nSPS) is 18.2. The van der Waals surface area contributed by atoms with Crippen LogP contribution in [0.3, 0.4) is 0 Å². The molecule has 7 heteroatoms. The Hall–Kier alpha value is -2.44. The van der Waals surface area contributed by atoms with E-state index in [2.05, 4.69) is 30.9 Å². The quantitative estimate of drug-likeness (QED) is 0.565. The number of anilines is 1. The van der Waals surface area contributed by atoms with Gasteiger partial charge >= 0.3 is 0 Å². The van der Waals surface area contributed by atoms with Crippen LogP contribution >= 0.6 is 11.6 Å². The second-order valence-corrected chi connectivity index (χ2v) is 10.4. The van der Waals surface area contributed by atoms with Gasteiger partial charge in [0.05, 0.1) is 24.2 Å². The van der Waals surface area contributed by atoms with Gasteiger partial charge in [0, 0.05) is 38.3 Å². The number of nitrogens with two attached hydrogens (primary N) is 1. The van der Waals surface area contributed by atoms with E-state index < -0.39 is 0 Å². The number of carbonyl (C=O) groups is 1. The predicted octanol–water partition coefficient (Wildman–Crippen LogP) is 4.90. The minimum Gasteiger partial charge on any atom is -0.489 e. The summed E-state index contributed by atoms with van der Waals surface area (Å²) in [5.74, 6) is 1.85. The highest BCUT2D eigenvalue weighted by atomic mass is 35.5. The van der Waals surface area contributed by atoms with E-state index in [1.54, 1.807) is 0 Å². The molecule has 0 bridgehead atoms. The molecule has 1 saturated heterocycles. The van der Waals surface area contributed by atoms with Crippen molar-refractivity contribution in [1.29, 1.82) is 0 Å². The minimum atomic E-state index is -0.00238. The van der Waals surface area contributed by atoms with E-state index >= 15 is 0 Å². The van der Waals surface area contributed by atoms with E-state index in [-0.39, 0.29) is 11.8 Å². The summed E-state index contributed by atoms with van der Waals surface area (Å²) in [6.45, 7) is 11.2. The largest absolute Gasteiger partial charge is 0.489 e. The van der Waals surface area contributed by atoms with Crippen LogP contribution in [0.2, 0.25) is 5.02 Å². The minimum absolute atomic E-state index is 0.00238. The van der Waals surface area contributed by atoms with E-state index in [1.807, 2.05) is 30.0 Å². The number of amides is 1. The van der Waals surface area contributed by atoms with Crippen molar-refractivity contribution < 1.29 is 14.3 Å². The molecule has 1 amide bonds. The van der Waals surface area contributed by atoms with Crippen LogP contribution in [0.4, 0.5) is 5.69 Å². The second-order valence-electron chi connectivity index (χ2n) is 9.98. The molecule has 0 spiro atoms. The molecule has 0 saturated carbocycles. The summed E-state index contributed by atoms with van der Waals surface area (Å²) in [5.41, 5.74) is 10.2. The smallest absolute Gasteiger partial charge is 0.227 e. The highest BCUT2D eigenvalue weighted by Gasteiger charge is 2.32. The average Bonchev–Trinajstić information content (AvgIpc) is 3.11. The number of aryl methyl sites for hydroxylation is 1. The fraction of sp³-hybridized carbons (Fsp3) is 0.519. The summed E-state index contributed by atoms with van der Waals surface area (Å²) in [7, 11) is 0. The Morgan fingerprint density at radius 2 is 2.00 bits per heavy atom. The van der Waals surface area contributed by atoms with Crippen molar-refractivity contribution in [1.82, 2.24) is 9.80 Å². The summed E-state index contributed by atoms with van der Waals surface area (Å²) in [5, 5.41) is 0.538. The van der Waals surface area contributed by atoms with Gasteiger partial charge in [0.15, 0.2) is 11.5 Å². The highest BCUT2D eigenvalue weighted by molar-refractivity contribution is 6.32. The van der Waals surface area contributed by atoms with Crippen LogP contribution in [0.1, 0.15) is 43.4 Å². The zero-order valence-corrected chi connectivity index (χ0v) is 21.2. The molecule has 184 valence electrons. The van der Waals surface area contributed by atoms with Gasteiger partial charge in [0.2, 0.25) is 5.91 Å². The third kappa shape index (κ3) is 5.97. The van der Waals surface area contributed by atoms with Crippen molar-refractivity contribution in [2.45, 2.75) is 46.7 Å². The Bertz CT molecular complexity index is 1030. The molecule has 2 N–H and O–H groups in total. The molecule has 6 nitrogen and oxygen atoms in total. The number of fused-ring (bicyclic) bond motifs is 1. The number of halogens is 1. The van der Waals surface area contributed by atoms with Gasteiger partial charge in [-0.15, -0.1) is 0 Å². The van der Waals surface area contributed by atoms with Gasteiger partial charge in [-0.25, -0.2) is 0 Å². The van der Waals surface area contributed by atoms with Crippen LogP contribution in [-0.4, -0.2) is 48.6 Å². The number of rotatable bonds is 7. The first kappa shape index (κ1) is 24.7. The van der Waals surface area contributed by atoms with Gasteiger partial charge < -0.3 is 20.1 Å². The number of hydrogen-bond acceptors (Lipinski definition) is 5. The van der Waals surface area contributed by atoms with E-state index in [0.717, 1.165) is 49.3 Å². The Balaban J connectivity index is 1.44. The predicted molar refractivity (Wildman–Crippen MR) is 136 cm³/mol. The molecular weight excluding hydrogens is 450 g/mol. The molecule has 0 unspecified atom stereocenters. The number of benzene rings is 2. The first-order valence-corrected chi connectivity index (χ1v) is 12.6. The number of likely N-dealkylation sites (tertiary alicyclic amines) is 1. The van der Waals surface area contributed by atoms with Gasteiger partial charge in [0.1, 0.15) is 0 Å². The monoisotopic (exact) mass is 485 g/mol. The lowest BCUT2D eigenvalue weighted by Gasteiger charge is -2.28. The van der Waals surface area contributed by atoms with Crippen molar-refractivity contribution in [3.8, 4) is 11.5 Å². The number of carbonyl (C=O) groups excluding carboxylic acids is 1. The Morgan fingerprint density at radius 3 is 2.76 bits per heavy atom. The van der Waals surface area contributed by atoms with Crippen LogP contribution in [0.5, 0.6) is 11.5 Å². The van der Waals surface area contributed by atoms with Crippen molar-refractivity contribution >= 4 is 23.2 Å². The molecule has 34 heavy (non-hydrogen) atoms. The standard InChI is InChI=1S/C27H36ClN3O3/c1-18(2)14-31(16-21-11-23(28)26-25(13-21)33-9-4-10-34-26)27(32)22-7-8-30(17-22)15-20-6-5-19(3)24(29)12-20/h5-6,11-13,18,22H,4,7-10,14-17,29H2,1-3H3/t22-/m1/s1. The second kappa shape index (κ2) is 10.9. The molecule has 2 aliphatic heterocycles. The molecule has 2 heterocycles. The summed E-state index contributed by atoms with van der Waals surface area (Å²) in [6, 6.07) is 10.1. The maximum atomic E-state index is 13.6. The molecule has 0 aliphatic carbocycles. The van der Waals surface area contributed by atoms with Crippen LogP contribution in [-0.2, 0) is 17.9 Å². The topological polar surface area (TPSA) is 68.0 Å². The van der Waals surface area contributed by atoms with Gasteiger partial charge in [-0.2, -0.15) is 0 Å². The van der Waals surface area contributed by atoms with E-state index in [9.17, 15) is 4.79 Å². The van der Waals surface area contributed by atoms with Crippen molar-refractivity contribution in [2.75, 3.05) is 38.6 Å². The molecular formula is C27H36ClN3O3. The molecule has 2 aliphatic rings. The SMILES string of the molecule is Cc1ccc(CN2CC[C@@H](C(=O)N(Cc3cc(Cl)c4c(c3)OCCCO4)CC(C)C)C2)cc1N. The molecule has 1 fully saturated rings. The lowest BCUT2D eigenvalue weighted by atomic mass is 10.0. The lowest BCUT2D eigenvalue weighted by Crippen LogP contribution is -2.39. The van der Waals surface area contributed by atoms with Crippen molar-refractivity contribution in [3.05, 3.63) is 52.0 Å². The number of hydrogen-bond donors (Lipinski definition) is 1. The maximum absolute atomic E-state index is 13.6. The fourth-order valence-corrected chi connectivity index (χ4v) is 5.04. The van der Waals surface area contributed by atoms with E-state index in [1.165, 1.54) is 5.56 Å². The molecule has 0 radical (unpaired) electrons. The van der Waals surface area contributed by atoms with E-state index in [0.29, 0.717) is 48.7 Å². The first-order chi connectivity index (χ1) is 16.3. The number of ether oxygens (including phenoxy) is 2. The lowest BCUT2D eigenvalue weighted by molar-refractivity contribution is -0.136. The third-order valence-electron chi connectivity index (χ3n) is 6.50. The number of nitrogen functional groups attached to an aromatic ring is 1. The molecule has 0 aromatic heterocycles. The van der Waals surface area contributed by atoms with Crippen LogP contribution in [0.25, 0.3) is 0 Å². The van der Waals surface area contributed by atoms with Gasteiger partial charge in [-0.05, 0) is 60.7 Å². The van der Waals surface area contributed by atoms with Gasteiger partial charge in [-0.1, -0.05) is 37.6 Å². The van der Waals surface area contributed by atoms with Gasteiger partial charge in [0.25, 0.3) is 0 Å². The molecule has 4 rings (SSSR count). The maximum Gasteiger partial charge on any atom is 0.227 e. The summed E-state index contributed by atoms with van der Waals surface area (Å²) in [4.78, 5) is 17.9. The summed E-state index contributed by atoms with van der Waals surface area (Å²) >= 11 is 6.51. The Kier molecular flexibility index (Phi) is 7.89. The highest BCUT2D eigenvalue weighted by Crippen LogP contribution is 2.38. The third-order valence-corrected chi connectivity index (χ3v) is 6.78. The van der Waals surface area contributed by atoms with Gasteiger partial charge in [-0.3, -0.25) is 9.69 Å². The zero-order valence-electron chi connectivity index (χ0n) is 20.5. The first-order valence-electron chi connectivity index (χ1n) is 12.2. The van der Waals surface area contributed by atoms with Crippen LogP contribution in [0, 0.1) is 18.8 Å². The Labute approximate surface area is 208 Å². The van der Waals surface area contributed by atoms with Crippen molar-refractivity contribution in [2.24, 2.45) is 11.8 Å².